The average Bonchev–Trinajstić information content (AvgIpc) is 2.71. The first kappa shape index (κ1) is 22.6. The fourth-order valence-corrected chi connectivity index (χ4v) is 3.84. The molecular weight excluding hydrogens is 403 g/mol. The lowest BCUT2D eigenvalue weighted by molar-refractivity contribution is -0.233. The molecule has 6 nitrogen and oxygen atoms in total. The molecule has 4 N–H and O–H groups in total. The van der Waals surface area contributed by atoms with Gasteiger partial charge in [0, 0.05) is 23.9 Å². The van der Waals surface area contributed by atoms with Crippen molar-refractivity contribution in [2.75, 3.05) is 6.61 Å². The van der Waals surface area contributed by atoms with Gasteiger partial charge < -0.3 is 25.2 Å². The number of aromatic nitrogens is 1. The Bertz CT molecular complexity index is 889. The van der Waals surface area contributed by atoms with Crippen LogP contribution < -0.4 is 0 Å². The van der Waals surface area contributed by atoms with Crippen molar-refractivity contribution in [2.24, 2.45) is 0 Å². The molecule has 1 aliphatic rings. The van der Waals surface area contributed by atoms with Crippen molar-refractivity contribution in [1.29, 1.82) is 0 Å². The van der Waals surface area contributed by atoms with Crippen molar-refractivity contribution in [1.82, 2.24) is 4.98 Å². The predicted octanol–water partition coefficient (Wildman–Crippen LogP) is 2.02. The normalized spacial score (nSPS) is 28.4. The minimum absolute atomic E-state index is 0.319. The van der Waals surface area contributed by atoms with E-state index in [0.29, 0.717) is 11.1 Å². The highest BCUT2D eigenvalue weighted by molar-refractivity contribution is 5.65. The van der Waals surface area contributed by atoms with Crippen molar-refractivity contribution < 1.29 is 38.3 Å². The van der Waals surface area contributed by atoms with E-state index < -0.39 is 54.8 Å². The minimum Gasteiger partial charge on any atom is -0.394 e. The number of aliphatic hydroxyl groups is 4. The zero-order chi connectivity index (χ0) is 22.2. The zero-order valence-electron chi connectivity index (χ0n) is 16.4. The lowest BCUT2D eigenvalue weighted by Crippen LogP contribution is -2.59. The first-order valence-electron chi connectivity index (χ1n) is 9.48. The Hall–Kier alpha value is -2.04. The second-order valence-electron chi connectivity index (χ2n) is 7.61. The smallest absolute Gasteiger partial charge is 0.394 e. The van der Waals surface area contributed by atoms with E-state index in [1.54, 1.807) is 32.0 Å². The van der Waals surface area contributed by atoms with E-state index in [-0.39, 0.29) is 0 Å². The lowest BCUT2D eigenvalue weighted by atomic mass is 9.83. The SMILES string of the molecule is Cc1cc(-c2cncc(C(F)(F)F)c2)ccc1[C@@H](C)[C@H]1OC(CO)[C@@H](O)C(O)C1O. The molecule has 1 aromatic carbocycles. The van der Waals surface area contributed by atoms with Crippen molar-refractivity contribution in [2.45, 2.75) is 56.5 Å². The zero-order valence-corrected chi connectivity index (χ0v) is 16.4. The molecular formula is C21H24F3NO5. The number of nitrogens with zero attached hydrogens (tertiary/aromatic N) is 1. The summed E-state index contributed by atoms with van der Waals surface area (Å²) in [6.07, 6.45) is -8.55. The van der Waals surface area contributed by atoms with Crippen LogP contribution in [-0.2, 0) is 10.9 Å². The Morgan fingerprint density at radius 2 is 1.73 bits per heavy atom. The van der Waals surface area contributed by atoms with Gasteiger partial charge in [0.2, 0.25) is 0 Å². The second kappa shape index (κ2) is 8.60. The average molecular weight is 427 g/mol. The standard InChI is InChI=1S/C21H24F3NO5/c1-10-5-12(13-6-14(8-25-7-13)21(22,23)24)3-4-15(10)11(2)20-19(29)18(28)17(27)16(9-26)30-20/h3-8,11,16-20,26-29H,9H2,1-2H3/t11-,16?,17-,18?,19?,20-/m1/s1. The summed E-state index contributed by atoms with van der Waals surface area (Å²) in [6, 6.07) is 6.12. The summed E-state index contributed by atoms with van der Waals surface area (Å²) < 4.78 is 44.5. The predicted molar refractivity (Wildman–Crippen MR) is 102 cm³/mol. The molecule has 0 saturated carbocycles. The van der Waals surface area contributed by atoms with Gasteiger partial charge in [0.15, 0.2) is 0 Å². The molecule has 30 heavy (non-hydrogen) atoms. The van der Waals surface area contributed by atoms with Crippen LogP contribution in [0.5, 0.6) is 0 Å². The summed E-state index contributed by atoms with van der Waals surface area (Å²) in [6.45, 7) is 3.02. The molecule has 0 aliphatic carbocycles. The van der Waals surface area contributed by atoms with Gasteiger partial charge in [-0.1, -0.05) is 25.1 Å². The van der Waals surface area contributed by atoms with Gasteiger partial charge in [-0.25, -0.2) is 0 Å². The van der Waals surface area contributed by atoms with Crippen molar-refractivity contribution >= 4 is 0 Å². The molecule has 2 aromatic rings. The first-order valence-corrected chi connectivity index (χ1v) is 9.48. The van der Waals surface area contributed by atoms with Crippen LogP contribution in [0.25, 0.3) is 11.1 Å². The van der Waals surface area contributed by atoms with Crippen LogP contribution in [0.2, 0.25) is 0 Å². The molecule has 0 amide bonds. The van der Waals surface area contributed by atoms with Crippen LogP contribution in [0.1, 0.15) is 29.5 Å². The Labute approximate surface area is 171 Å². The fourth-order valence-electron chi connectivity index (χ4n) is 3.84. The van der Waals surface area contributed by atoms with E-state index in [9.17, 15) is 33.6 Å². The molecule has 2 heterocycles. The molecule has 3 rings (SSSR count). The summed E-state index contributed by atoms with van der Waals surface area (Å²) in [5.74, 6) is -0.426. The molecule has 0 bridgehead atoms. The Morgan fingerprint density at radius 1 is 1.03 bits per heavy atom. The number of halogens is 3. The van der Waals surface area contributed by atoms with Gasteiger partial charge in [-0.05, 0) is 29.7 Å². The number of hydrogen-bond acceptors (Lipinski definition) is 6. The van der Waals surface area contributed by atoms with E-state index in [1.807, 2.05) is 0 Å². The highest BCUT2D eigenvalue weighted by Gasteiger charge is 2.45. The van der Waals surface area contributed by atoms with Gasteiger partial charge in [-0.3, -0.25) is 4.98 Å². The maximum atomic E-state index is 13.0. The van der Waals surface area contributed by atoms with Crippen LogP contribution in [0, 0.1) is 6.92 Å². The molecule has 3 unspecified atom stereocenters. The fraction of sp³-hybridized carbons (Fsp3) is 0.476. The number of aliphatic hydroxyl groups excluding tert-OH is 4. The van der Waals surface area contributed by atoms with Crippen LogP contribution >= 0.6 is 0 Å². The lowest BCUT2D eigenvalue weighted by Gasteiger charge is -2.42. The number of benzene rings is 1. The highest BCUT2D eigenvalue weighted by Crippen LogP contribution is 2.35. The van der Waals surface area contributed by atoms with E-state index in [1.165, 1.54) is 6.20 Å². The topological polar surface area (TPSA) is 103 Å². The maximum Gasteiger partial charge on any atom is 0.417 e. The highest BCUT2D eigenvalue weighted by atomic mass is 19.4. The molecule has 1 saturated heterocycles. The number of rotatable bonds is 4. The van der Waals surface area contributed by atoms with Crippen molar-refractivity contribution in [3.63, 3.8) is 0 Å². The maximum absolute atomic E-state index is 13.0. The van der Waals surface area contributed by atoms with Gasteiger partial charge >= 0.3 is 6.18 Å². The quantitative estimate of drug-likeness (QED) is 0.596. The molecule has 1 fully saturated rings. The number of pyridine rings is 1. The summed E-state index contributed by atoms with van der Waals surface area (Å²) in [4.78, 5) is 3.68. The van der Waals surface area contributed by atoms with Crippen LogP contribution in [0.15, 0.2) is 36.7 Å². The van der Waals surface area contributed by atoms with E-state index >= 15 is 0 Å². The van der Waals surface area contributed by atoms with Gasteiger partial charge in [0.25, 0.3) is 0 Å². The van der Waals surface area contributed by atoms with Gasteiger partial charge in [0.1, 0.15) is 24.4 Å². The monoisotopic (exact) mass is 427 g/mol. The molecule has 0 spiro atoms. The Balaban J connectivity index is 1.88. The summed E-state index contributed by atoms with van der Waals surface area (Å²) in [5.41, 5.74) is 1.53. The summed E-state index contributed by atoms with van der Waals surface area (Å²) in [5, 5.41) is 39.7. The van der Waals surface area contributed by atoms with E-state index in [2.05, 4.69) is 4.98 Å². The third-order valence-electron chi connectivity index (χ3n) is 5.58. The molecule has 164 valence electrons. The van der Waals surface area contributed by atoms with Gasteiger partial charge in [-0.2, -0.15) is 13.2 Å². The largest absolute Gasteiger partial charge is 0.417 e. The number of alkyl halides is 3. The minimum atomic E-state index is -4.49. The Kier molecular flexibility index (Phi) is 6.49. The first-order chi connectivity index (χ1) is 14.0. The molecule has 6 atom stereocenters. The van der Waals surface area contributed by atoms with Crippen LogP contribution in [0.3, 0.4) is 0 Å². The molecule has 1 aliphatic heterocycles. The van der Waals surface area contributed by atoms with Crippen molar-refractivity contribution in [3.8, 4) is 11.1 Å². The molecule has 0 radical (unpaired) electrons. The van der Waals surface area contributed by atoms with Gasteiger partial charge in [0.05, 0.1) is 18.3 Å². The van der Waals surface area contributed by atoms with E-state index in [0.717, 1.165) is 23.4 Å². The third-order valence-corrected chi connectivity index (χ3v) is 5.58. The van der Waals surface area contributed by atoms with Crippen LogP contribution in [-0.4, -0.2) is 62.5 Å². The number of hydrogen-bond donors (Lipinski definition) is 4. The summed E-state index contributed by atoms with van der Waals surface area (Å²) >= 11 is 0. The second-order valence-corrected chi connectivity index (χ2v) is 7.61. The third kappa shape index (κ3) is 4.35. The summed E-state index contributed by atoms with van der Waals surface area (Å²) in [7, 11) is 0. The number of aryl methyl sites for hydroxylation is 1. The van der Waals surface area contributed by atoms with Gasteiger partial charge in [-0.15, -0.1) is 0 Å². The number of ether oxygens (including phenoxy) is 1. The van der Waals surface area contributed by atoms with E-state index in [4.69, 9.17) is 4.74 Å². The molecule has 9 heteroatoms. The van der Waals surface area contributed by atoms with Crippen molar-refractivity contribution in [3.05, 3.63) is 53.3 Å². The Morgan fingerprint density at radius 3 is 2.33 bits per heavy atom. The van der Waals surface area contributed by atoms with Crippen LogP contribution in [0.4, 0.5) is 13.2 Å². The molecule has 1 aromatic heterocycles.